The number of amides is 2. The average molecular weight is 365 g/mol. The van der Waals surface area contributed by atoms with Crippen molar-refractivity contribution in [1.29, 1.82) is 0 Å². The summed E-state index contributed by atoms with van der Waals surface area (Å²) in [5.74, 6) is -0.0378. The molecule has 0 radical (unpaired) electrons. The van der Waals surface area contributed by atoms with Gasteiger partial charge < -0.3 is 14.2 Å². The highest BCUT2D eigenvalue weighted by Gasteiger charge is 2.41. The van der Waals surface area contributed by atoms with E-state index < -0.39 is 23.2 Å². The molecule has 1 aliphatic heterocycles. The van der Waals surface area contributed by atoms with Crippen molar-refractivity contribution in [3.8, 4) is 11.5 Å². The molecule has 0 spiro atoms. The minimum atomic E-state index is -0.976. The SMILES string of the molecule is CCOC(=O)C(C)N1C(=O)SC(=Cc2ccc(OC)cc2OC)C1=O. The maximum atomic E-state index is 12.5. The monoisotopic (exact) mass is 365 g/mol. The third-order valence-corrected chi connectivity index (χ3v) is 4.45. The highest BCUT2D eigenvalue weighted by Crippen LogP contribution is 2.36. The molecule has 1 fully saturated rings. The third kappa shape index (κ3) is 3.96. The molecule has 2 amide bonds. The molecule has 1 aliphatic rings. The number of hydrogen-bond donors (Lipinski definition) is 0. The van der Waals surface area contributed by atoms with Gasteiger partial charge in [0.25, 0.3) is 11.1 Å². The number of carbonyl (C=O) groups excluding carboxylic acids is 3. The van der Waals surface area contributed by atoms with Crippen molar-refractivity contribution >= 4 is 35.0 Å². The number of methoxy groups -OCH3 is 2. The van der Waals surface area contributed by atoms with Crippen molar-refractivity contribution in [2.24, 2.45) is 0 Å². The number of carbonyl (C=O) groups is 3. The predicted octanol–water partition coefficient (Wildman–Crippen LogP) is 2.69. The summed E-state index contributed by atoms with van der Waals surface area (Å²) < 4.78 is 15.3. The maximum Gasteiger partial charge on any atom is 0.329 e. The molecule has 1 heterocycles. The molecule has 1 saturated heterocycles. The van der Waals surface area contributed by atoms with Crippen molar-refractivity contribution in [2.75, 3.05) is 20.8 Å². The first kappa shape index (κ1) is 18.9. The van der Waals surface area contributed by atoms with E-state index in [1.807, 2.05) is 0 Å². The average Bonchev–Trinajstić information content (AvgIpc) is 2.88. The predicted molar refractivity (Wildman–Crippen MR) is 93.5 cm³/mol. The van der Waals surface area contributed by atoms with Crippen LogP contribution in [0.4, 0.5) is 4.79 Å². The van der Waals surface area contributed by atoms with Gasteiger partial charge in [0.05, 0.1) is 25.7 Å². The summed E-state index contributed by atoms with van der Waals surface area (Å²) in [7, 11) is 3.04. The van der Waals surface area contributed by atoms with Crippen LogP contribution in [-0.4, -0.2) is 48.9 Å². The summed E-state index contributed by atoms with van der Waals surface area (Å²) in [5, 5.41) is -0.510. The van der Waals surface area contributed by atoms with Crippen LogP contribution < -0.4 is 9.47 Å². The fourth-order valence-corrected chi connectivity index (χ4v) is 3.16. The van der Waals surface area contributed by atoms with Crippen LogP contribution in [0.3, 0.4) is 0 Å². The number of nitrogens with zero attached hydrogens (tertiary/aromatic N) is 1. The zero-order chi connectivity index (χ0) is 18.6. The van der Waals surface area contributed by atoms with Crippen molar-refractivity contribution in [3.63, 3.8) is 0 Å². The van der Waals surface area contributed by atoms with Crippen molar-refractivity contribution in [2.45, 2.75) is 19.9 Å². The zero-order valence-corrected chi connectivity index (χ0v) is 15.2. The third-order valence-electron chi connectivity index (χ3n) is 3.57. The van der Waals surface area contributed by atoms with Crippen LogP contribution in [0.5, 0.6) is 11.5 Å². The molecule has 1 aromatic rings. The van der Waals surface area contributed by atoms with Gasteiger partial charge in [0.1, 0.15) is 17.5 Å². The van der Waals surface area contributed by atoms with Crippen LogP contribution >= 0.6 is 11.8 Å². The van der Waals surface area contributed by atoms with Crippen LogP contribution in [0.2, 0.25) is 0 Å². The standard InChI is InChI=1S/C17H19NO6S/c1-5-24-16(20)10(2)18-15(19)14(25-17(18)21)8-11-6-7-12(22-3)9-13(11)23-4/h6-10H,5H2,1-4H3. The molecule has 7 nitrogen and oxygen atoms in total. The van der Waals surface area contributed by atoms with Crippen LogP contribution in [0, 0.1) is 0 Å². The highest BCUT2D eigenvalue weighted by molar-refractivity contribution is 8.18. The van der Waals surface area contributed by atoms with Gasteiger partial charge in [-0.05, 0) is 43.8 Å². The van der Waals surface area contributed by atoms with Gasteiger partial charge >= 0.3 is 5.97 Å². The van der Waals surface area contributed by atoms with Gasteiger partial charge in [0.2, 0.25) is 0 Å². The largest absolute Gasteiger partial charge is 0.497 e. The van der Waals surface area contributed by atoms with Crippen LogP contribution in [-0.2, 0) is 14.3 Å². The molecule has 0 aliphatic carbocycles. The van der Waals surface area contributed by atoms with Crippen molar-refractivity contribution in [1.82, 2.24) is 4.90 Å². The second-order valence-corrected chi connectivity index (χ2v) is 6.08. The normalized spacial score (nSPS) is 17.0. The Morgan fingerprint density at radius 2 is 2.00 bits per heavy atom. The molecule has 1 aromatic carbocycles. The molecule has 1 unspecified atom stereocenters. The zero-order valence-electron chi connectivity index (χ0n) is 14.4. The minimum absolute atomic E-state index is 0.179. The van der Waals surface area contributed by atoms with Crippen LogP contribution in [0.1, 0.15) is 19.4 Å². The van der Waals surface area contributed by atoms with Crippen molar-refractivity contribution < 1.29 is 28.6 Å². The number of hydrogen-bond acceptors (Lipinski definition) is 7. The first-order chi connectivity index (χ1) is 11.9. The summed E-state index contributed by atoms with van der Waals surface area (Å²) in [4.78, 5) is 37.6. The van der Waals surface area contributed by atoms with E-state index in [4.69, 9.17) is 14.2 Å². The van der Waals surface area contributed by atoms with Gasteiger partial charge in [-0.1, -0.05) is 0 Å². The van der Waals surface area contributed by atoms with Gasteiger partial charge in [0, 0.05) is 11.6 Å². The molecule has 0 N–H and O–H groups in total. The number of esters is 1. The van der Waals surface area contributed by atoms with E-state index in [-0.39, 0.29) is 11.5 Å². The van der Waals surface area contributed by atoms with Gasteiger partial charge in [-0.25, -0.2) is 4.79 Å². The quantitative estimate of drug-likeness (QED) is 0.566. The molecule has 8 heteroatoms. The van der Waals surface area contributed by atoms with Gasteiger partial charge in [0.15, 0.2) is 0 Å². The van der Waals surface area contributed by atoms with E-state index in [2.05, 4.69) is 0 Å². The molecule has 0 aromatic heterocycles. The fraction of sp³-hybridized carbons (Fsp3) is 0.353. The molecule has 0 bridgehead atoms. The number of ether oxygens (including phenoxy) is 3. The Hall–Kier alpha value is -2.48. The number of thioether (sulfide) groups is 1. The van der Waals surface area contributed by atoms with Gasteiger partial charge in [-0.3, -0.25) is 14.5 Å². The maximum absolute atomic E-state index is 12.5. The van der Waals surface area contributed by atoms with Crippen LogP contribution in [0.25, 0.3) is 6.08 Å². The summed E-state index contributed by atoms with van der Waals surface area (Å²) in [6, 6.07) is 4.15. The highest BCUT2D eigenvalue weighted by atomic mass is 32.2. The molecule has 0 saturated carbocycles. The summed E-state index contributed by atoms with van der Waals surface area (Å²) in [5.41, 5.74) is 0.623. The number of benzene rings is 1. The fourth-order valence-electron chi connectivity index (χ4n) is 2.26. The number of rotatable bonds is 6. The Bertz CT molecular complexity index is 730. The van der Waals surface area contributed by atoms with E-state index in [1.54, 1.807) is 31.2 Å². The molecular weight excluding hydrogens is 346 g/mol. The second-order valence-electron chi connectivity index (χ2n) is 5.09. The molecular formula is C17H19NO6S. The van der Waals surface area contributed by atoms with Crippen molar-refractivity contribution in [3.05, 3.63) is 28.7 Å². The number of imide groups is 1. The summed E-state index contributed by atoms with van der Waals surface area (Å²) >= 11 is 0.774. The first-order valence-corrected chi connectivity index (χ1v) is 8.40. The Labute approximate surface area is 149 Å². The first-order valence-electron chi connectivity index (χ1n) is 7.58. The van der Waals surface area contributed by atoms with Gasteiger partial charge in [-0.15, -0.1) is 0 Å². The Kier molecular flexibility index (Phi) is 6.08. The van der Waals surface area contributed by atoms with E-state index in [1.165, 1.54) is 21.1 Å². The van der Waals surface area contributed by atoms with Gasteiger partial charge in [-0.2, -0.15) is 0 Å². The lowest BCUT2D eigenvalue weighted by Gasteiger charge is -2.19. The van der Waals surface area contributed by atoms with E-state index >= 15 is 0 Å². The minimum Gasteiger partial charge on any atom is -0.497 e. The van der Waals surface area contributed by atoms with Crippen LogP contribution in [0.15, 0.2) is 23.1 Å². The lowest BCUT2D eigenvalue weighted by Crippen LogP contribution is -2.42. The molecule has 1 atom stereocenters. The summed E-state index contributed by atoms with van der Waals surface area (Å²) in [6.07, 6.45) is 1.56. The van der Waals surface area contributed by atoms with E-state index in [9.17, 15) is 14.4 Å². The lowest BCUT2D eigenvalue weighted by atomic mass is 10.1. The topological polar surface area (TPSA) is 82.1 Å². The molecule has 25 heavy (non-hydrogen) atoms. The molecule has 2 rings (SSSR count). The summed E-state index contributed by atoms with van der Waals surface area (Å²) in [6.45, 7) is 3.30. The second kappa shape index (κ2) is 8.06. The molecule has 134 valence electrons. The van der Waals surface area contributed by atoms with E-state index in [0.717, 1.165) is 16.7 Å². The lowest BCUT2D eigenvalue weighted by molar-refractivity contribution is -0.150. The van der Waals surface area contributed by atoms with E-state index in [0.29, 0.717) is 17.1 Å². The Morgan fingerprint density at radius 1 is 1.28 bits per heavy atom. The Balaban J connectivity index is 2.30. The smallest absolute Gasteiger partial charge is 0.329 e. The Morgan fingerprint density at radius 3 is 2.60 bits per heavy atom.